The van der Waals surface area contributed by atoms with Gasteiger partial charge in [-0.25, -0.2) is 0 Å². The van der Waals surface area contributed by atoms with Crippen LogP contribution < -0.4 is 5.32 Å². The van der Waals surface area contributed by atoms with Crippen LogP contribution in [0.1, 0.15) is 310 Å². The van der Waals surface area contributed by atoms with Gasteiger partial charge in [-0.2, -0.15) is 11.8 Å². The second-order valence-electron chi connectivity index (χ2n) is 19.5. The Bertz CT molecular complexity index is 962. The lowest BCUT2D eigenvalue weighted by Gasteiger charge is -2.19. The Labute approximate surface area is 397 Å². The lowest BCUT2D eigenvalue weighted by Crippen LogP contribution is -2.35. The molecule has 0 aromatic carbocycles. The molecule has 1 amide bonds. The van der Waals surface area contributed by atoms with Gasteiger partial charge in [-0.1, -0.05) is 265 Å². The van der Waals surface area contributed by atoms with Crippen molar-refractivity contribution < 1.29 is 23.9 Å². The summed E-state index contributed by atoms with van der Waals surface area (Å²) in [5, 5.41) is 3.16. The van der Waals surface area contributed by atoms with E-state index in [9.17, 15) is 14.4 Å². The van der Waals surface area contributed by atoms with E-state index in [1.807, 2.05) is 6.92 Å². The highest BCUT2D eigenvalue weighted by molar-refractivity contribution is 7.99. The third-order valence-electron chi connectivity index (χ3n) is 12.8. The molecule has 0 aliphatic carbocycles. The molecular formula is C56H109NO5S. The Kier molecular flexibility index (Phi) is 50.7. The summed E-state index contributed by atoms with van der Waals surface area (Å²) < 4.78 is 11.6. The van der Waals surface area contributed by atoms with Crippen molar-refractivity contribution in [1.82, 2.24) is 5.32 Å². The number of esters is 2. The first-order valence-electron chi connectivity index (χ1n) is 28.1. The highest BCUT2D eigenvalue weighted by atomic mass is 32.2. The van der Waals surface area contributed by atoms with Gasteiger partial charge in [0.1, 0.15) is 12.7 Å². The fourth-order valence-electron chi connectivity index (χ4n) is 8.62. The van der Waals surface area contributed by atoms with Gasteiger partial charge in [-0.05, 0) is 26.2 Å². The SMILES string of the molecule is CCCCCCCCCCCCCCCCC(=O)OCC(CSCC(C)NC(=O)CCCCCCCCCCCCCCC)OC(=O)CCCCCCCCCCCCCCCC. The first kappa shape index (κ1) is 61.8. The van der Waals surface area contributed by atoms with Gasteiger partial charge in [0.2, 0.25) is 5.91 Å². The quantitative estimate of drug-likeness (QED) is 0.0484. The summed E-state index contributed by atoms with van der Waals surface area (Å²) in [6, 6.07) is 0.0271. The number of ether oxygens (including phenoxy) is 2. The maximum Gasteiger partial charge on any atom is 0.306 e. The van der Waals surface area contributed by atoms with E-state index in [1.54, 1.807) is 11.8 Å². The Balaban J connectivity index is 4.38. The van der Waals surface area contributed by atoms with E-state index in [0.717, 1.165) is 44.3 Å². The van der Waals surface area contributed by atoms with Crippen LogP contribution >= 0.6 is 11.8 Å². The molecule has 0 saturated heterocycles. The number of carbonyl (C=O) groups excluding carboxylic acids is 3. The maximum absolute atomic E-state index is 12.9. The molecule has 0 fully saturated rings. The number of thioether (sulfide) groups is 1. The van der Waals surface area contributed by atoms with Gasteiger partial charge in [0.05, 0.1) is 0 Å². The Morgan fingerprint density at radius 2 is 0.667 bits per heavy atom. The average Bonchev–Trinajstić information content (AvgIpc) is 3.27. The zero-order valence-corrected chi connectivity index (χ0v) is 43.7. The van der Waals surface area contributed by atoms with Crippen LogP contribution in [0.2, 0.25) is 0 Å². The molecule has 0 spiro atoms. The summed E-state index contributed by atoms with van der Waals surface area (Å²) in [5.41, 5.74) is 0. The number of carbonyl (C=O) groups is 3. The fraction of sp³-hybridized carbons (Fsp3) is 0.946. The molecule has 63 heavy (non-hydrogen) atoms. The minimum absolute atomic E-state index is 0.0271. The molecule has 0 heterocycles. The first-order chi connectivity index (χ1) is 30.9. The topological polar surface area (TPSA) is 81.7 Å². The molecule has 0 radical (unpaired) electrons. The van der Waals surface area contributed by atoms with Gasteiger partial charge in [-0.15, -0.1) is 0 Å². The molecule has 0 bridgehead atoms. The highest BCUT2D eigenvalue weighted by Crippen LogP contribution is 2.18. The summed E-state index contributed by atoms with van der Waals surface area (Å²) >= 11 is 1.66. The Morgan fingerprint density at radius 1 is 0.381 bits per heavy atom. The zero-order valence-electron chi connectivity index (χ0n) is 42.8. The van der Waals surface area contributed by atoms with Gasteiger partial charge in [0, 0.05) is 36.8 Å². The molecule has 0 saturated carbocycles. The van der Waals surface area contributed by atoms with Gasteiger partial charge in [0.15, 0.2) is 0 Å². The van der Waals surface area contributed by atoms with Crippen LogP contribution in [-0.2, 0) is 23.9 Å². The third kappa shape index (κ3) is 50.0. The van der Waals surface area contributed by atoms with Crippen LogP contribution in [0.15, 0.2) is 0 Å². The molecular weight excluding hydrogens is 799 g/mol. The molecule has 0 aliphatic heterocycles. The Hall–Kier alpha value is -1.24. The molecule has 0 aromatic rings. The molecule has 1 N–H and O–H groups in total. The number of hydrogen-bond donors (Lipinski definition) is 1. The molecule has 2 atom stereocenters. The minimum atomic E-state index is -0.469. The number of unbranched alkanes of at least 4 members (excludes halogenated alkanes) is 38. The smallest absolute Gasteiger partial charge is 0.306 e. The summed E-state index contributed by atoms with van der Waals surface area (Å²) in [6.45, 7) is 8.98. The van der Waals surface area contributed by atoms with E-state index in [2.05, 4.69) is 26.1 Å². The van der Waals surface area contributed by atoms with Crippen molar-refractivity contribution in [3.05, 3.63) is 0 Å². The average molecular weight is 909 g/mol. The van der Waals surface area contributed by atoms with Crippen molar-refractivity contribution in [2.45, 2.75) is 322 Å². The largest absolute Gasteiger partial charge is 0.462 e. The number of nitrogens with one attached hydrogen (secondary N) is 1. The van der Waals surface area contributed by atoms with E-state index in [-0.39, 0.29) is 30.5 Å². The lowest BCUT2D eigenvalue weighted by atomic mass is 10.0. The monoisotopic (exact) mass is 908 g/mol. The molecule has 0 aromatic heterocycles. The van der Waals surface area contributed by atoms with Crippen LogP contribution in [0.5, 0.6) is 0 Å². The van der Waals surface area contributed by atoms with E-state index in [1.165, 1.54) is 225 Å². The predicted molar refractivity (Wildman–Crippen MR) is 276 cm³/mol. The second-order valence-corrected chi connectivity index (χ2v) is 20.6. The summed E-state index contributed by atoms with van der Waals surface area (Å²) in [6.07, 6.45) is 53.8. The van der Waals surface area contributed by atoms with Crippen molar-refractivity contribution in [3.8, 4) is 0 Å². The lowest BCUT2D eigenvalue weighted by molar-refractivity contribution is -0.157. The summed E-state index contributed by atoms with van der Waals surface area (Å²) in [5.74, 6) is 1.02. The normalized spacial score (nSPS) is 12.4. The minimum Gasteiger partial charge on any atom is -0.462 e. The predicted octanol–water partition coefficient (Wildman–Crippen LogP) is 17.9. The van der Waals surface area contributed by atoms with E-state index in [0.29, 0.717) is 25.0 Å². The zero-order chi connectivity index (χ0) is 45.9. The number of hydrogen-bond acceptors (Lipinski definition) is 6. The first-order valence-corrected chi connectivity index (χ1v) is 29.3. The van der Waals surface area contributed by atoms with Crippen LogP contribution in [0.3, 0.4) is 0 Å². The van der Waals surface area contributed by atoms with E-state index >= 15 is 0 Å². The number of rotatable bonds is 52. The molecule has 2 unspecified atom stereocenters. The van der Waals surface area contributed by atoms with Crippen molar-refractivity contribution in [2.24, 2.45) is 0 Å². The summed E-state index contributed by atoms with van der Waals surface area (Å²) in [7, 11) is 0. The maximum atomic E-state index is 12.9. The van der Waals surface area contributed by atoms with E-state index in [4.69, 9.17) is 9.47 Å². The highest BCUT2D eigenvalue weighted by Gasteiger charge is 2.18. The van der Waals surface area contributed by atoms with Gasteiger partial charge in [-0.3, -0.25) is 14.4 Å². The van der Waals surface area contributed by atoms with Crippen molar-refractivity contribution in [3.63, 3.8) is 0 Å². The molecule has 7 heteroatoms. The van der Waals surface area contributed by atoms with Crippen molar-refractivity contribution >= 4 is 29.6 Å². The Morgan fingerprint density at radius 3 is 1.00 bits per heavy atom. The van der Waals surface area contributed by atoms with Crippen LogP contribution in [-0.4, -0.2) is 48.1 Å². The molecule has 0 rings (SSSR count). The van der Waals surface area contributed by atoms with Crippen LogP contribution in [0, 0.1) is 0 Å². The van der Waals surface area contributed by atoms with Crippen LogP contribution in [0.4, 0.5) is 0 Å². The van der Waals surface area contributed by atoms with Gasteiger partial charge in [0.25, 0.3) is 0 Å². The summed E-state index contributed by atoms with van der Waals surface area (Å²) in [4.78, 5) is 38.3. The second kappa shape index (κ2) is 51.7. The fourth-order valence-corrected chi connectivity index (χ4v) is 9.62. The van der Waals surface area contributed by atoms with Gasteiger partial charge >= 0.3 is 11.9 Å². The molecule has 374 valence electrons. The number of amides is 1. The van der Waals surface area contributed by atoms with Gasteiger partial charge < -0.3 is 14.8 Å². The molecule has 6 nitrogen and oxygen atoms in total. The van der Waals surface area contributed by atoms with E-state index < -0.39 is 6.10 Å². The third-order valence-corrected chi connectivity index (χ3v) is 14.1. The van der Waals surface area contributed by atoms with Crippen molar-refractivity contribution in [1.29, 1.82) is 0 Å². The standard InChI is InChI=1S/C56H109NO5S/c1-5-8-11-14-17-20-23-26-29-32-35-38-41-44-47-55(59)61-49-53(62-56(60)48-45-42-39-36-33-30-27-24-21-18-15-12-9-6-2)51-63-50-52(4)57-54(58)46-43-40-37-34-31-28-25-22-19-16-13-10-7-3/h52-53H,5-51H2,1-4H3,(H,57,58). The van der Waals surface area contributed by atoms with Crippen molar-refractivity contribution in [2.75, 3.05) is 18.1 Å². The molecule has 0 aliphatic rings. The van der Waals surface area contributed by atoms with Crippen LogP contribution in [0.25, 0.3) is 0 Å².